The average Bonchev–Trinajstić information content (AvgIpc) is 2.38. The Labute approximate surface area is 120 Å². The van der Waals surface area contributed by atoms with Gasteiger partial charge in [-0.15, -0.1) is 0 Å². The fourth-order valence-corrected chi connectivity index (χ4v) is 2.04. The molecule has 4 heteroatoms. The van der Waals surface area contributed by atoms with Crippen LogP contribution in [0.5, 0.6) is 0 Å². The number of hydrogen-bond donors (Lipinski definition) is 2. The number of hydrogen-bond acceptors (Lipinski definition) is 2. The first-order valence-corrected chi connectivity index (χ1v) is 6.61. The molecule has 92 valence electrons. The summed E-state index contributed by atoms with van der Waals surface area (Å²) in [5, 5.41) is 3.14. The molecule has 1 unspecified atom stereocenters. The largest absolute Gasteiger partial charge is 0.370 e. The molecule has 0 aliphatic carbocycles. The average molecular weight is 352 g/mol. The Morgan fingerprint density at radius 1 is 1.06 bits per heavy atom. The van der Waals surface area contributed by atoms with Gasteiger partial charge in [-0.3, -0.25) is 4.79 Å². The minimum atomic E-state index is -0.508. The second-order valence-corrected chi connectivity index (χ2v) is 5.14. The van der Waals surface area contributed by atoms with Gasteiger partial charge in [0.1, 0.15) is 6.04 Å². The lowest BCUT2D eigenvalue weighted by Gasteiger charge is -2.17. The summed E-state index contributed by atoms with van der Waals surface area (Å²) in [6, 6.07) is 16.8. The molecule has 3 N–H and O–H groups in total. The molecule has 0 aliphatic heterocycles. The fourth-order valence-electron chi connectivity index (χ4n) is 1.68. The van der Waals surface area contributed by atoms with E-state index >= 15 is 0 Å². The molecule has 1 atom stereocenters. The number of carbonyl (C=O) groups excluding carboxylic acids is 1. The molecule has 2 rings (SSSR count). The van der Waals surface area contributed by atoms with Crippen LogP contribution in [0.4, 0.5) is 5.69 Å². The Morgan fingerprint density at radius 3 is 2.22 bits per heavy atom. The Bertz CT molecular complexity index is 525. The van der Waals surface area contributed by atoms with E-state index in [0.717, 1.165) is 14.8 Å². The van der Waals surface area contributed by atoms with Crippen molar-refractivity contribution in [2.24, 2.45) is 5.73 Å². The summed E-state index contributed by atoms with van der Waals surface area (Å²) in [5.41, 5.74) is 7.19. The van der Waals surface area contributed by atoms with Gasteiger partial charge in [0.25, 0.3) is 0 Å². The van der Waals surface area contributed by atoms with Gasteiger partial charge in [0.2, 0.25) is 5.91 Å². The molecule has 0 aliphatic rings. The van der Waals surface area contributed by atoms with Crippen LogP contribution in [-0.4, -0.2) is 5.91 Å². The molecule has 0 saturated carbocycles. The molecule has 0 saturated heterocycles. The number of primary amides is 1. The minimum absolute atomic E-state index is 0.389. The topological polar surface area (TPSA) is 55.1 Å². The van der Waals surface area contributed by atoms with Crippen molar-refractivity contribution in [1.29, 1.82) is 0 Å². The van der Waals surface area contributed by atoms with E-state index < -0.39 is 6.04 Å². The van der Waals surface area contributed by atoms with Crippen molar-refractivity contribution < 1.29 is 4.79 Å². The van der Waals surface area contributed by atoms with Crippen molar-refractivity contribution in [3.8, 4) is 0 Å². The number of halogens is 1. The molecular weight excluding hydrogens is 339 g/mol. The van der Waals surface area contributed by atoms with Crippen molar-refractivity contribution in [2.45, 2.75) is 6.04 Å². The number of rotatable bonds is 4. The summed E-state index contributed by atoms with van der Waals surface area (Å²) in [5.74, 6) is -0.389. The van der Waals surface area contributed by atoms with Crippen LogP contribution in [0.15, 0.2) is 54.6 Å². The second-order valence-electron chi connectivity index (χ2n) is 3.90. The summed E-state index contributed by atoms with van der Waals surface area (Å²) < 4.78 is 1.15. The number of amides is 1. The van der Waals surface area contributed by atoms with Crippen LogP contribution in [0, 0.1) is 3.57 Å². The summed E-state index contributed by atoms with van der Waals surface area (Å²) in [6.45, 7) is 0. The molecule has 1 amide bonds. The zero-order valence-electron chi connectivity index (χ0n) is 9.64. The van der Waals surface area contributed by atoms with Crippen LogP contribution in [0.25, 0.3) is 0 Å². The predicted molar refractivity (Wildman–Crippen MR) is 81.2 cm³/mol. The van der Waals surface area contributed by atoms with Crippen LogP contribution >= 0.6 is 22.6 Å². The van der Waals surface area contributed by atoms with E-state index in [4.69, 9.17) is 5.73 Å². The lowest BCUT2D eigenvalue weighted by atomic mass is 10.1. The van der Waals surface area contributed by atoms with Gasteiger partial charge < -0.3 is 11.1 Å². The maximum absolute atomic E-state index is 11.5. The summed E-state index contributed by atoms with van der Waals surface area (Å²) in [7, 11) is 0. The van der Waals surface area contributed by atoms with E-state index in [1.54, 1.807) is 0 Å². The number of anilines is 1. The molecular formula is C14H13IN2O. The fraction of sp³-hybridized carbons (Fsp3) is 0.0714. The molecule has 0 heterocycles. The van der Waals surface area contributed by atoms with Gasteiger partial charge in [-0.2, -0.15) is 0 Å². The zero-order chi connectivity index (χ0) is 13.0. The monoisotopic (exact) mass is 352 g/mol. The molecule has 2 aromatic rings. The molecule has 0 bridgehead atoms. The van der Waals surface area contributed by atoms with Gasteiger partial charge in [-0.1, -0.05) is 30.3 Å². The first kappa shape index (κ1) is 12.9. The lowest BCUT2D eigenvalue weighted by Crippen LogP contribution is -2.27. The van der Waals surface area contributed by atoms with Crippen molar-refractivity contribution >= 4 is 34.2 Å². The van der Waals surface area contributed by atoms with E-state index in [-0.39, 0.29) is 5.91 Å². The smallest absolute Gasteiger partial charge is 0.244 e. The third-order valence-corrected chi connectivity index (χ3v) is 3.29. The van der Waals surface area contributed by atoms with Crippen LogP contribution < -0.4 is 11.1 Å². The van der Waals surface area contributed by atoms with Crippen molar-refractivity contribution in [1.82, 2.24) is 0 Å². The zero-order valence-corrected chi connectivity index (χ0v) is 11.8. The Kier molecular flexibility index (Phi) is 4.19. The van der Waals surface area contributed by atoms with Gasteiger partial charge in [0.05, 0.1) is 0 Å². The van der Waals surface area contributed by atoms with Gasteiger partial charge >= 0.3 is 0 Å². The molecule has 0 aromatic heterocycles. The summed E-state index contributed by atoms with van der Waals surface area (Å²) in [6.07, 6.45) is 0. The van der Waals surface area contributed by atoms with E-state index in [1.807, 2.05) is 54.6 Å². The molecule has 3 nitrogen and oxygen atoms in total. The van der Waals surface area contributed by atoms with E-state index in [1.165, 1.54) is 0 Å². The molecule has 0 radical (unpaired) electrons. The summed E-state index contributed by atoms with van der Waals surface area (Å²) >= 11 is 2.24. The van der Waals surface area contributed by atoms with E-state index in [0.29, 0.717) is 0 Å². The third-order valence-electron chi connectivity index (χ3n) is 2.57. The molecule has 0 fully saturated rings. The Hall–Kier alpha value is -1.56. The SMILES string of the molecule is NC(=O)C(Nc1ccc(I)cc1)c1ccccc1. The van der Waals surface area contributed by atoms with Crippen molar-refractivity contribution in [3.05, 3.63) is 63.7 Å². The number of nitrogens with one attached hydrogen (secondary N) is 1. The maximum Gasteiger partial charge on any atom is 0.244 e. The van der Waals surface area contributed by atoms with Gasteiger partial charge in [0.15, 0.2) is 0 Å². The van der Waals surface area contributed by atoms with Crippen LogP contribution in [0.2, 0.25) is 0 Å². The highest BCUT2D eigenvalue weighted by molar-refractivity contribution is 14.1. The predicted octanol–water partition coefficient (Wildman–Crippen LogP) is 2.93. The number of nitrogens with two attached hydrogens (primary N) is 1. The van der Waals surface area contributed by atoms with Crippen LogP contribution in [0.1, 0.15) is 11.6 Å². The maximum atomic E-state index is 11.5. The van der Waals surface area contributed by atoms with Crippen LogP contribution in [0.3, 0.4) is 0 Å². The van der Waals surface area contributed by atoms with Crippen molar-refractivity contribution in [3.63, 3.8) is 0 Å². The summed E-state index contributed by atoms with van der Waals surface area (Å²) in [4.78, 5) is 11.5. The van der Waals surface area contributed by atoms with E-state index in [2.05, 4.69) is 27.9 Å². The number of benzene rings is 2. The van der Waals surface area contributed by atoms with Crippen molar-refractivity contribution in [2.75, 3.05) is 5.32 Å². The van der Waals surface area contributed by atoms with Gasteiger partial charge in [-0.05, 0) is 52.4 Å². The van der Waals surface area contributed by atoms with E-state index in [9.17, 15) is 4.79 Å². The highest BCUT2D eigenvalue weighted by Crippen LogP contribution is 2.20. The second kappa shape index (κ2) is 5.86. The normalized spacial score (nSPS) is 11.8. The molecule has 2 aromatic carbocycles. The minimum Gasteiger partial charge on any atom is -0.370 e. The highest BCUT2D eigenvalue weighted by atomic mass is 127. The standard InChI is InChI=1S/C14H13IN2O/c15-11-6-8-12(9-7-11)17-13(14(16)18)10-4-2-1-3-5-10/h1-9,13,17H,(H2,16,18). The Morgan fingerprint density at radius 2 is 1.67 bits per heavy atom. The van der Waals surface area contributed by atoms with Gasteiger partial charge in [-0.25, -0.2) is 0 Å². The third kappa shape index (κ3) is 3.22. The van der Waals surface area contributed by atoms with Crippen LogP contribution in [-0.2, 0) is 4.79 Å². The number of carbonyl (C=O) groups is 1. The first-order chi connectivity index (χ1) is 8.66. The van der Waals surface area contributed by atoms with Gasteiger partial charge in [0, 0.05) is 9.26 Å². The lowest BCUT2D eigenvalue weighted by molar-refractivity contribution is -0.118. The highest BCUT2D eigenvalue weighted by Gasteiger charge is 2.16. The quantitative estimate of drug-likeness (QED) is 0.832. The Balaban J connectivity index is 2.22. The molecule has 18 heavy (non-hydrogen) atoms. The molecule has 0 spiro atoms. The first-order valence-electron chi connectivity index (χ1n) is 5.53.